The molecule has 1 aromatic rings. The molecule has 2 nitrogen and oxygen atoms in total. The fourth-order valence-electron chi connectivity index (χ4n) is 0.876. The van der Waals surface area contributed by atoms with E-state index < -0.39 is 0 Å². The van der Waals surface area contributed by atoms with Crippen LogP contribution in [0.3, 0.4) is 0 Å². The highest BCUT2D eigenvalue weighted by Gasteiger charge is 1.99. The van der Waals surface area contributed by atoms with Gasteiger partial charge < -0.3 is 5.11 Å². The van der Waals surface area contributed by atoms with Crippen LogP contribution in [0.5, 0.6) is 0 Å². The molecule has 0 radical (unpaired) electrons. The quantitative estimate of drug-likeness (QED) is 0.607. The van der Waals surface area contributed by atoms with Gasteiger partial charge in [0.1, 0.15) is 5.15 Å². The lowest BCUT2D eigenvalue weighted by atomic mass is 10.3. The van der Waals surface area contributed by atoms with Crippen LogP contribution in [-0.4, -0.2) is 22.5 Å². The van der Waals surface area contributed by atoms with Crippen molar-refractivity contribution in [2.45, 2.75) is 12.2 Å². The molecule has 0 fully saturated rings. The van der Waals surface area contributed by atoms with E-state index in [1.165, 1.54) is 0 Å². The first kappa shape index (κ1) is 10.8. The summed E-state index contributed by atoms with van der Waals surface area (Å²) in [5.41, 5.74) is 1.06. The lowest BCUT2D eigenvalue weighted by Gasteiger charge is -2.01. The Morgan fingerprint density at radius 3 is 3.08 bits per heavy atom. The van der Waals surface area contributed by atoms with Crippen molar-refractivity contribution < 1.29 is 5.11 Å². The fraction of sp³-hybridized carbons (Fsp3) is 0.444. The summed E-state index contributed by atoms with van der Waals surface area (Å²) in [5, 5.41) is 9.15. The standard InChI is InChI=1S/C9H12ClNOS/c10-9-8(3-1-4-11-9)7-13-6-2-5-12/h1,3-4,12H,2,5-7H2. The normalized spacial score (nSPS) is 10.3. The van der Waals surface area contributed by atoms with Gasteiger partial charge in [0.2, 0.25) is 0 Å². The van der Waals surface area contributed by atoms with Gasteiger partial charge in [0, 0.05) is 18.6 Å². The Bertz CT molecular complexity index is 257. The Kier molecular flexibility index (Phi) is 5.20. The topological polar surface area (TPSA) is 33.1 Å². The van der Waals surface area contributed by atoms with E-state index >= 15 is 0 Å². The van der Waals surface area contributed by atoms with Crippen molar-refractivity contribution in [2.75, 3.05) is 12.4 Å². The molecular weight excluding hydrogens is 206 g/mol. The van der Waals surface area contributed by atoms with Crippen molar-refractivity contribution in [1.82, 2.24) is 4.98 Å². The number of halogens is 1. The molecule has 0 atom stereocenters. The number of hydrogen-bond donors (Lipinski definition) is 1. The molecule has 1 rings (SSSR count). The number of rotatable bonds is 5. The predicted octanol–water partition coefficient (Wildman–Crippen LogP) is 2.35. The molecular formula is C9H12ClNOS. The van der Waals surface area contributed by atoms with Crippen molar-refractivity contribution in [3.05, 3.63) is 29.0 Å². The van der Waals surface area contributed by atoms with Gasteiger partial charge in [-0.2, -0.15) is 11.8 Å². The van der Waals surface area contributed by atoms with Gasteiger partial charge in [0.15, 0.2) is 0 Å². The van der Waals surface area contributed by atoms with E-state index in [1.807, 2.05) is 12.1 Å². The third-order valence-corrected chi connectivity index (χ3v) is 2.97. The summed E-state index contributed by atoms with van der Waals surface area (Å²) < 4.78 is 0. The van der Waals surface area contributed by atoms with Crippen LogP contribution in [0.4, 0.5) is 0 Å². The molecule has 0 aliphatic rings. The number of pyridine rings is 1. The molecule has 0 aliphatic heterocycles. The van der Waals surface area contributed by atoms with Crippen LogP contribution < -0.4 is 0 Å². The van der Waals surface area contributed by atoms with Crippen molar-refractivity contribution in [3.8, 4) is 0 Å². The zero-order chi connectivity index (χ0) is 9.52. The summed E-state index contributed by atoms with van der Waals surface area (Å²) >= 11 is 7.62. The van der Waals surface area contributed by atoms with Crippen molar-refractivity contribution in [2.24, 2.45) is 0 Å². The Labute approximate surface area is 87.3 Å². The average molecular weight is 218 g/mol. The summed E-state index contributed by atoms with van der Waals surface area (Å²) in [6.07, 6.45) is 2.52. The molecule has 0 bridgehead atoms. The highest BCUT2D eigenvalue weighted by atomic mass is 35.5. The predicted molar refractivity (Wildman–Crippen MR) is 57.1 cm³/mol. The van der Waals surface area contributed by atoms with Crippen molar-refractivity contribution in [1.29, 1.82) is 0 Å². The first-order valence-electron chi connectivity index (χ1n) is 4.12. The SMILES string of the molecule is OCCCSCc1cccnc1Cl. The molecule has 0 aromatic carbocycles. The number of aromatic nitrogens is 1. The summed E-state index contributed by atoms with van der Waals surface area (Å²) in [7, 11) is 0. The second-order valence-corrected chi connectivity index (χ2v) is 4.05. The van der Waals surface area contributed by atoms with Crippen LogP contribution in [0.25, 0.3) is 0 Å². The molecule has 0 unspecified atom stereocenters. The van der Waals surface area contributed by atoms with E-state index in [9.17, 15) is 0 Å². The number of aliphatic hydroxyl groups excluding tert-OH is 1. The molecule has 1 heterocycles. The van der Waals surface area contributed by atoms with Crippen LogP contribution in [0.2, 0.25) is 5.15 Å². The van der Waals surface area contributed by atoms with E-state index in [-0.39, 0.29) is 6.61 Å². The number of aliphatic hydroxyl groups is 1. The summed E-state index contributed by atoms with van der Waals surface area (Å²) in [6.45, 7) is 0.258. The number of thioether (sulfide) groups is 1. The average Bonchev–Trinajstić information content (AvgIpc) is 2.15. The third-order valence-electron chi connectivity index (χ3n) is 1.54. The Morgan fingerprint density at radius 1 is 1.54 bits per heavy atom. The Morgan fingerprint density at radius 2 is 2.38 bits per heavy atom. The van der Waals surface area contributed by atoms with Gasteiger partial charge >= 0.3 is 0 Å². The summed E-state index contributed by atoms with van der Waals surface area (Å²) in [5.74, 6) is 1.83. The van der Waals surface area contributed by atoms with Gasteiger partial charge in [-0.1, -0.05) is 17.7 Å². The minimum Gasteiger partial charge on any atom is -0.396 e. The minimum atomic E-state index is 0.258. The molecule has 1 aromatic heterocycles. The van der Waals surface area contributed by atoms with Crippen LogP contribution in [0.1, 0.15) is 12.0 Å². The molecule has 72 valence electrons. The molecule has 4 heteroatoms. The largest absolute Gasteiger partial charge is 0.396 e. The maximum atomic E-state index is 8.57. The first-order chi connectivity index (χ1) is 6.34. The fourth-order valence-corrected chi connectivity index (χ4v) is 2.07. The lowest BCUT2D eigenvalue weighted by molar-refractivity contribution is 0.296. The molecule has 13 heavy (non-hydrogen) atoms. The lowest BCUT2D eigenvalue weighted by Crippen LogP contribution is -1.89. The van der Waals surface area contributed by atoms with Gasteiger partial charge in [-0.15, -0.1) is 0 Å². The van der Waals surface area contributed by atoms with E-state index in [0.29, 0.717) is 5.15 Å². The van der Waals surface area contributed by atoms with Crippen LogP contribution in [0.15, 0.2) is 18.3 Å². The van der Waals surface area contributed by atoms with Gasteiger partial charge in [-0.05, 0) is 23.8 Å². The zero-order valence-electron chi connectivity index (χ0n) is 7.24. The van der Waals surface area contributed by atoms with Crippen molar-refractivity contribution in [3.63, 3.8) is 0 Å². The van der Waals surface area contributed by atoms with Crippen LogP contribution in [-0.2, 0) is 5.75 Å². The summed E-state index contributed by atoms with van der Waals surface area (Å²) in [6, 6.07) is 3.86. The second-order valence-electron chi connectivity index (χ2n) is 2.58. The van der Waals surface area contributed by atoms with E-state index in [1.54, 1.807) is 18.0 Å². The Hall–Kier alpha value is -0.250. The van der Waals surface area contributed by atoms with Gasteiger partial charge in [-0.3, -0.25) is 0 Å². The monoisotopic (exact) mass is 217 g/mol. The van der Waals surface area contributed by atoms with Crippen LogP contribution >= 0.6 is 23.4 Å². The van der Waals surface area contributed by atoms with E-state index in [2.05, 4.69) is 4.98 Å². The maximum Gasteiger partial charge on any atom is 0.133 e. The molecule has 0 saturated heterocycles. The number of hydrogen-bond acceptors (Lipinski definition) is 3. The molecule has 1 N–H and O–H groups in total. The van der Waals surface area contributed by atoms with Gasteiger partial charge in [-0.25, -0.2) is 4.98 Å². The Balaban J connectivity index is 2.32. The minimum absolute atomic E-state index is 0.258. The van der Waals surface area contributed by atoms with Crippen molar-refractivity contribution >= 4 is 23.4 Å². The van der Waals surface area contributed by atoms with E-state index in [4.69, 9.17) is 16.7 Å². The highest BCUT2D eigenvalue weighted by molar-refractivity contribution is 7.98. The second kappa shape index (κ2) is 6.24. The third kappa shape index (κ3) is 3.98. The molecule has 0 aliphatic carbocycles. The zero-order valence-corrected chi connectivity index (χ0v) is 8.81. The summed E-state index contributed by atoms with van der Waals surface area (Å²) in [4.78, 5) is 3.98. The van der Waals surface area contributed by atoms with Gasteiger partial charge in [0.25, 0.3) is 0 Å². The first-order valence-corrected chi connectivity index (χ1v) is 5.66. The molecule has 0 amide bonds. The van der Waals surface area contributed by atoms with E-state index in [0.717, 1.165) is 23.5 Å². The smallest absolute Gasteiger partial charge is 0.133 e. The van der Waals surface area contributed by atoms with Gasteiger partial charge in [0.05, 0.1) is 0 Å². The molecule has 0 spiro atoms. The highest BCUT2D eigenvalue weighted by Crippen LogP contribution is 2.18. The number of nitrogens with zero attached hydrogens (tertiary/aromatic N) is 1. The van der Waals surface area contributed by atoms with Crippen LogP contribution in [0, 0.1) is 0 Å². The molecule has 0 saturated carbocycles. The maximum absolute atomic E-state index is 8.57.